The van der Waals surface area contributed by atoms with Gasteiger partial charge in [0, 0.05) is 35.3 Å². The van der Waals surface area contributed by atoms with Crippen molar-refractivity contribution in [3.8, 4) is 5.82 Å². The number of hydrogen-bond acceptors (Lipinski definition) is 5. The van der Waals surface area contributed by atoms with Crippen LogP contribution in [-0.2, 0) is 0 Å². The van der Waals surface area contributed by atoms with Crippen molar-refractivity contribution in [3.05, 3.63) is 66.4 Å². The van der Waals surface area contributed by atoms with Crippen LogP contribution in [0.4, 0.5) is 10.5 Å². The number of hydrogen-bond donors (Lipinski definition) is 2. The maximum atomic E-state index is 13.2. The molecule has 3 amide bonds. The Hall–Kier alpha value is -2.48. The van der Waals surface area contributed by atoms with E-state index in [0.717, 1.165) is 10.0 Å². The van der Waals surface area contributed by atoms with E-state index in [1.807, 2.05) is 0 Å². The summed E-state index contributed by atoms with van der Waals surface area (Å²) in [5, 5.41) is 18.0. The highest BCUT2D eigenvalue weighted by Crippen LogP contribution is 2.32. The van der Waals surface area contributed by atoms with E-state index in [4.69, 9.17) is 11.6 Å². The van der Waals surface area contributed by atoms with E-state index in [2.05, 4.69) is 63.2 Å². The molecule has 0 unspecified atom stereocenters. The van der Waals surface area contributed by atoms with Crippen LogP contribution in [0.15, 0.2) is 50.1 Å². The largest absolute Gasteiger partial charge is 0.464 e. The fourth-order valence-corrected chi connectivity index (χ4v) is 4.60. The summed E-state index contributed by atoms with van der Waals surface area (Å²) in [7, 11) is 2.52. The number of benzene rings is 1. The molecule has 0 saturated heterocycles. The van der Waals surface area contributed by atoms with E-state index < -0.39 is 17.9 Å². The first kappa shape index (κ1) is 25.1. The summed E-state index contributed by atoms with van der Waals surface area (Å²) in [6, 6.07) is 7.83. The lowest BCUT2D eigenvalue weighted by atomic mass is 10.1. The highest BCUT2D eigenvalue weighted by atomic mass is 79.9. The molecular formula is C19H14Br3ClN6O4. The van der Waals surface area contributed by atoms with E-state index in [-0.39, 0.29) is 27.8 Å². The second-order valence-corrected chi connectivity index (χ2v) is 9.46. The zero-order valence-corrected chi connectivity index (χ0v) is 22.4. The van der Waals surface area contributed by atoms with Gasteiger partial charge in [0.15, 0.2) is 5.82 Å². The monoisotopic (exact) mass is 662 g/mol. The average molecular weight is 666 g/mol. The van der Waals surface area contributed by atoms with E-state index in [9.17, 15) is 19.5 Å². The van der Waals surface area contributed by atoms with Crippen LogP contribution in [0.1, 0.15) is 20.8 Å². The third kappa shape index (κ3) is 5.37. The Morgan fingerprint density at radius 3 is 2.45 bits per heavy atom. The van der Waals surface area contributed by atoms with Gasteiger partial charge in [-0.15, -0.1) is 0 Å². The molecule has 1 aromatic carbocycles. The van der Waals surface area contributed by atoms with Crippen molar-refractivity contribution in [1.29, 1.82) is 0 Å². The van der Waals surface area contributed by atoms with E-state index in [0.29, 0.717) is 13.5 Å². The van der Waals surface area contributed by atoms with Gasteiger partial charge in [-0.1, -0.05) is 27.5 Å². The molecule has 0 saturated carbocycles. The Labute approximate surface area is 217 Å². The molecule has 0 aliphatic rings. The first-order valence-corrected chi connectivity index (χ1v) is 11.7. The van der Waals surface area contributed by atoms with Crippen LogP contribution in [0.25, 0.3) is 5.82 Å². The van der Waals surface area contributed by atoms with Crippen LogP contribution >= 0.6 is 59.4 Å². The van der Waals surface area contributed by atoms with Crippen LogP contribution in [0, 0.1) is 0 Å². The maximum absolute atomic E-state index is 13.2. The molecule has 0 radical (unpaired) electrons. The molecule has 3 rings (SSSR count). The average Bonchev–Trinajstić information content (AvgIpc) is 3.15. The summed E-state index contributed by atoms with van der Waals surface area (Å²) in [6.07, 6.45) is 0.182. The Balaban J connectivity index is 2.03. The molecule has 14 heteroatoms. The smallest absolute Gasteiger partial charge is 0.426 e. The number of carbonyl (C=O) groups is 3. The van der Waals surface area contributed by atoms with Crippen molar-refractivity contribution in [2.24, 2.45) is 0 Å². The number of rotatable bonds is 4. The van der Waals surface area contributed by atoms with E-state index in [1.54, 1.807) is 18.2 Å². The molecule has 0 atom stereocenters. The minimum atomic E-state index is -1.33. The van der Waals surface area contributed by atoms with Gasteiger partial charge >= 0.3 is 6.09 Å². The van der Waals surface area contributed by atoms with E-state index >= 15 is 0 Å². The number of carboxylic acid groups (broad SMARTS) is 1. The van der Waals surface area contributed by atoms with Crippen molar-refractivity contribution in [2.75, 3.05) is 19.4 Å². The van der Waals surface area contributed by atoms with Gasteiger partial charge in [-0.3, -0.25) is 9.59 Å². The zero-order valence-electron chi connectivity index (χ0n) is 16.9. The van der Waals surface area contributed by atoms with Gasteiger partial charge in [0.1, 0.15) is 10.3 Å². The van der Waals surface area contributed by atoms with Gasteiger partial charge < -0.3 is 10.4 Å². The minimum Gasteiger partial charge on any atom is -0.464 e. The first-order chi connectivity index (χ1) is 15.5. The number of aromatic nitrogens is 3. The van der Waals surface area contributed by atoms with Crippen LogP contribution < -0.4 is 5.32 Å². The number of pyridine rings is 1. The number of amides is 3. The summed E-state index contributed by atoms with van der Waals surface area (Å²) in [6.45, 7) is 0. The molecule has 3 aromatic rings. The first-order valence-electron chi connectivity index (χ1n) is 8.92. The lowest BCUT2D eigenvalue weighted by molar-refractivity contribution is 0.0247. The van der Waals surface area contributed by atoms with Crippen molar-refractivity contribution in [1.82, 2.24) is 24.8 Å². The summed E-state index contributed by atoms with van der Waals surface area (Å²) >= 11 is 16.1. The molecule has 0 bridgehead atoms. The zero-order chi connectivity index (χ0) is 24.4. The maximum Gasteiger partial charge on any atom is 0.426 e. The topological polar surface area (TPSA) is 121 Å². The molecule has 10 nitrogen and oxygen atoms in total. The van der Waals surface area contributed by atoms with Gasteiger partial charge in [-0.05, 0) is 56.1 Å². The van der Waals surface area contributed by atoms with Crippen molar-refractivity contribution in [2.45, 2.75) is 0 Å². The highest BCUT2D eigenvalue weighted by molar-refractivity contribution is 9.11. The standard InChI is InChI=1S/C19H14Br3ClN6O4/c1-27(28(2)19(32)33)18(31)10-6-9(20)7-11(21)15(10)25-17(30)13-8-14(22)26-29(13)16-12(23)4-3-5-24-16/h3-8H,1-2H3,(H,25,30)(H,32,33). The molecular weight excluding hydrogens is 651 g/mol. The quantitative estimate of drug-likeness (QED) is 0.377. The molecule has 0 fully saturated rings. The Morgan fingerprint density at radius 2 is 1.82 bits per heavy atom. The normalized spacial score (nSPS) is 10.6. The second kappa shape index (κ2) is 10.2. The van der Waals surface area contributed by atoms with Crippen LogP contribution in [0.3, 0.4) is 0 Å². The Kier molecular flexibility index (Phi) is 7.77. The molecule has 2 aromatic heterocycles. The van der Waals surface area contributed by atoms with Gasteiger partial charge in [-0.25, -0.2) is 24.5 Å². The minimum absolute atomic E-state index is 0.0428. The molecule has 172 valence electrons. The van der Waals surface area contributed by atoms with Gasteiger partial charge in [0.25, 0.3) is 11.8 Å². The third-order valence-corrected chi connectivity index (χ3v) is 6.16. The molecule has 0 aliphatic heterocycles. The van der Waals surface area contributed by atoms with Crippen LogP contribution in [0.5, 0.6) is 0 Å². The molecule has 2 N–H and O–H groups in total. The second-order valence-electron chi connectivity index (χ2n) is 6.47. The summed E-state index contributed by atoms with van der Waals surface area (Å²) in [4.78, 5) is 41.7. The van der Waals surface area contributed by atoms with Crippen molar-refractivity contribution in [3.63, 3.8) is 0 Å². The number of hydrazine groups is 1. The Bertz CT molecular complexity index is 1270. The SMILES string of the molecule is CN(C(=O)O)N(C)C(=O)c1cc(Br)cc(Br)c1NC(=O)c1cc(Br)nn1-c1ncccc1Cl. The van der Waals surface area contributed by atoms with Gasteiger partial charge in [-0.2, -0.15) is 5.10 Å². The molecule has 2 heterocycles. The predicted molar refractivity (Wildman–Crippen MR) is 132 cm³/mol. The highest BCUT2D eigenvalue weighted by Gasteiger charge is 2.26. The van der Waals surface area contributed by atoms with E-state index in [1.165, 1.54) is 37.1 Å². The summed E-state index contributed by atoms with van der Waals surface area (Å²) in [5.41, 5.74) is 0.266. The Morgan fingerprint density at radius 1 is 1.12 bits per heavy atom. The fraction of sp³-hybridized carbons (Fsp3) is 0.105. The van der Waals surface area contributed by atoms with Gasteiger partial charge in [0.2, 0.25) is 0 Å². The van der Waals surface area contributed by atoms with Crippen molar-refractivity contribution < 1.29 is 19.5 Å². The lowest BCUT2D eigenvalue weighted by Crippen LogP contribution is -2.44. The third-order valence-electron chi connectivity index (χ3n) is 4.40. The van der Waals surface area contributed by atoms with Crippen LogP contribution in [-0.4, -0.2) is 61.9 Å². The predicted octanol–water partition coefficient (Wildman–Crippen LogP) is 5.06. The molecule has 0 aliphatic carbocycles. The molecule has 33 heavy (non-hydrogen) atoms. The number of anilines is 1. The number of carbonyl (C=O) groups excluding carboxylic acids is 2. The van der Waals surface area contributed by atoms with Crippen LogP contribution in [0.2, 0.25) is 5.02 Å². The summed E-state index contributed by atoms with van der Waals surface area (Å²) in [5.74, 6) is -1.04. The lowest BCUT2D eigenvalue weighted by Gasteiger charge is -2.26. The number of halogens is 4. The van der Waals surface area contributed by atoms with Crippen molar-refractivity contribution >= 4 is 83.0 Å². The fourth-order valence-electron chi connectivity index (χ4n) is 2.69. The summed E-state index contributed by atoms with van der Waals surface area (Å²) < 4.78 is 2.56. The van der Waals surface area contributed by atoms with Gasteiger partial charge in [0.05, 0.1) is 16.3 Å². The number of nitrogens with zero attached hydrogens (tertiary/aromatic N) is 5. The molecule has 0 spiro atoms. The number of nitrogens with one attached hydrogen (secondary N) is 1.